The fourth-order valence-corrected chi connectivity index (χ4v) is 4.08. The number of carbonyl (C=O) groups excluding carboxylic acids is 1. The van der Waals surface area contributed by atoms with Gasteiger partial charge in [-0.05, 0) is 50.3 Å². The van der Waals surface area contributed by atoms with Crippen molar-refractivity contribution in [1.29, 1.82) is 0 Å². The van der Waals surface area contributed by atoms with E-state index in [1.165, 1.54) is 0 Å². The van der Waals surface area contributed by atoms with Crippen molar-refractivity contribution < 1.29 is 4.79 Å². The van der Waals surface area contributed by atoms with Crippen LogP contribution in [0.2, 0.25) is 0 Å². The van der Waals surface area contributed by atoms with Gasteiger partial charge >= 0.3 is 0 Å². The van der Waals surface area contributed by atoms with Crippen LogP contribution >= 0.6 is 0 Å². The third-order valence-electron chi connectivity index (χ3n) is 5.74. The average molecular weight is 404 g/mol. The van der Waals surface area contributed by atoms with E-state index in [1.54, 1.807) is 6.21 Å². The third kappa shape index (κ3) is 5.11. The van der Waals surface area contributed by atoms with Gasteiger partial charge in [-0.3, -0.25) is 14.8 Å². The minimum Gasteiger partial charge on any atom is -0.330 e. The van der Waals surface area contributed by atoms with Crippen LogP contribution in [0, 0.1) is 18.8 Å². The van der Waals surface area contributed by atoms with Crippen molar-refractivity contribution in [3.63, 3.8) is 0 Å². The molecule has 2 aliphatic rings. The number of rotatable bonds is 8. The van der Waals surface area contributed by atoms with E-state index >= 15 is 0 Å². The summed E-state index contributed by atoms with van der Waals surface area (Å²) < 4.78 is 0. The molecular weight excluding hydrogens is 370 g/mol. The maximum Gasteiger partial charge on any atom is 0.194 e. The molecule has 2 unspecified atom stereocenters. The number of hydrogen-bond acceptors (Lipinski definition) is 4. The van der Waals surface area contributed by atoms with Crippen LogP contribution in [0.4, 0.5) is 0 Å². The summed E-state index contributed by atoms with van der Waals surface area (Å²) in [5.41, 5.74) is 11.2. The summed E-state index contributed by atoms with van der Waals surface area (Å²) in [4.78, 5) is 22.9. The topological polar surface area (TPSA) is 67.8 Å². The number of benzene rings is 1. The molecule has 2 heterocycles. The highest BCUT2D eigenvalue weighted by Gasteiger charge is 2.24. The molecule has 158 valence electrons. The molecule has 2 atom stereocenters. The molecule has 0 radical (unpaired) electrons. The molecule has 2 N–H and O–H groups in total. The first-order chi connectivity index (χ1) is 14.6. The molecule has 0 bridgehead atoms. The number of aliphatic imine (C=N–C) groups is 2. The largest absolute Gasteiger partial charge is 0.330 e. The first kappa shape index (κ1) is 22.1. The lowest BCUT2D eigenvalue weighted by Gasteiger charge is -2.19. The van der Waals surface area contributed by atoms with E-state index < -0.39 is 0 Å². The number of aryl methyl sites for hydroxylation is 1. The summed E-state index contributed by atoms with van der Waals surface area (Å²) in [6.07, 6.45) is 13.9. The monoisotopic (exact) mass is 403 g/mol. The number of Topliss-reactive ketones (excluding diaryl/α,β-unsaturated/α-hetero) is 1. The molecule has 0 saturated carbocycles. The van der Waals surface area contributed by atoms with Gasteiger partial charge in [-0.2, -0.15) is 0 Å². The molecule has 0 spiro atoms. The van der Waals surface area contributed by atoms with Crippen molar-refractivity contribution in [2.45, 2.75) is 46.5 Å². The van der Waals surface area contributed by atoms with E-state index in [-0.39, 0.29) is 11.7 Å². The van der Waals surface area contributed by atoms with Crippen LogP contribution in [-0.2, 0) is 0 Å². The highest BCUT2D eigenvalue weighted by Crippen LogP contribution is 2.26. The molecule has 0 aromatic heterocycles. The minimum absolute atomic E-state index is 0.0372. The van der Waals surface area contributed by atoms with E-state index in [1.807, 2.05) is 25.3 Å². The molecule has 0 fully saturated rings. The number of hydrogen-bond donors (Lipinski definition) is 1. The van der Waals surface area contributed by atoms with Crippen LogP contribution in [-0.4, -0.2) is 30.8 Å². The van der Waals surface area contributed by atoms with Gasteiger partial charge in [0.25, 0.3) is 0 Å². The zero-order valence-corrected chi connectivity index (χ0v) is 18.4. The third-order valence-corrected chi connectivity index (χ3v) is 5.74. The Labute approximate surface area is 180 Å². The van der Waals surface area contributed by atoms with Crippen molar-refractivity contribution in [2.75, 3.05) is 13.1 Å². The van der Waals surface area contributed by atoms with Crippen molar-refractivity contribution in [1.82, 2.24) is 0 Å². The molecule has 3 rings (SSSR count). The van der Waals surface area contributed by atoms with Crippen molar-refractivity contribution in [3.05, 3.63) is 70.5 Å². The van der Waals surface area contributed by atoms with Gasteiger partial charge in [0.05, 0.1) is 5.71 Å². The van der Waals surface area contributed by atoms with E-state index in [0.29, 0.717) is 23.6 Å². The molecule has 0 aliphatic carbocycles. The Hall–Kier alpha value is -2.59. The number of nitrogens with zero attached hydrogens (tertiary/aromatic N) is 2. The molecule has 4 heteroatoms. The average Bonchev–Trinajstić information content (AvgIpc) is 2.96. The lowest BCUT2D eigenvalue weighted by Crippen LogP contribution is -2.20. The SMILES string of the molecule is CCCC1C=C(C(=O)c2cc(C)ccc2C2=NC=C(CCN)C=CC2CC)C=NC1. The number of ketones is 1. The molecule has 4 nitrogen and oxygen atoms in total. The summed E-state index contributed by atoms with van der Waals surface area (Å²) in [6, 6.07) is 6.09. The maximum absolute atomic E-state index is 13.5. The standard InChI is InChI=1S/C26H33N3O/c1-4-6-20-14-22(17-28-15-20)26(30)24-13-18(3)7-10-23(24)25-21(5-2)9-8-19(11-12-27)16-29-25/h7-10,13-14,16-17,20-21H,4-6,11-12,15,27H2,1-3H3. The number of dihydropyridines is 1. The highest BCUT2D eigenvalue weighted by atomic mass is 16.1. The van der Waals surface area contributed by atoms with Crippen molar-refractivity contribution >= 4 is 17.7 Å². The number of carbonyl (C=O) groups is 1. The van der Waals surface area contributed by atoms with Crippen LogP contribution in [0.15, 0.2) is 63.8 Å². The fourth-order valence-electron chi connectivity index (χ4n) is 4.08. The summed E-state index contributed by atoms with van der Waals surface area (Å²) in [5.74, 6) is 0.540. The maximum atomic E-state index is 13.5. The minimum atomic E-state index is 0.0372. The molecule has 1 aromatic carbocycles. The van der Waals surface area contributed by atoms with Gasteiger partial charge in [0.2, 0.25) is 0 Å². The summed E-state index contributed by atoms with van der Waals surface area (Å²) >= 11 is 0. The van der Waals surface area contributed by atoms with Gasteiger partial charge in [0.1, 0.15) is 0 Å². The first-order valence-electron chi connectivity index (χ1n) is 11.1. The molecule has 1 aromatic rings. The Morgan fingerprint density at radius 2 is 2.10 bits per heavy atom. The van der Waals surface area contributed by atoms with Crippen LogP contribution in [0.5, 0.6) is 0 Å². The van der Waals surface area contributed by atoms with Gasteiger partial charge in [-0.1, -0.05) is 56.2 Å². The Morgan fingerprint density at radius 3 is 2.83 bits per heavy atom. The Kier molecular flexibility index (Phi) is 7.69. The predicted octanol–water partition coefficient (Wildman–Crippen LogP) is 5.22. The van der Waals surface area contributed by atoms with Crippen LogP contribution in [0.1, 0.15) is 61.0 Å². The smallest absolute Gasteiger partial charge is 0.194 e. The van der Waals surface area contributed by atoms with Gasteiger partial charge in [-0.25, -0.2) is 0 Å². The summed E-state index contributed by atoms with van der Waals surface area (Å²) in [7, 11) is 0. The molecule has 0 amide bonds. The van der Waals surface area contributed by atoms with Crippen LogP contribution in [0.25, 0.3) is 0 Å². The van der Waals surface area contributed by atoms with Gasteiger partial charge in [0, 0.05) is 41.6 Å². The number of nitrogens with two attached hydrogens (primary N) is 1. The Bertz CT molecular complexity index is 934. The van der Waals surface area contributed by atoms with Gasteiger partial charge < -0.3 is 5.73 Å². The van der Waals surface area contributed by atoms with E-state index in [0.717, 1.165) is 54.6 Å². The normalized spacial score (nSPS) is 21.0. The van der Waals surface area contributed by atoms with Crippen molar-refractivity contribution in [3.8, 4) is 0 Å². The van der Waals surface area contributed by atoms with Gasteiger partial charge in [0.15, 0.2) is 5.78 Å². The van der Waals surface area contributed by atoms with E-state index in [4.69, 9.17) is 10.7 Å². The highest BCUT2D eigenvalue weighted by molar-refractivity contribution is 6.25. The van der Waals surface area contributed by atoms with E-state index in [9.17, 15) is 4.79 Å². The molecule has 30 heavy (non-hydrogen) atoms. The zero-order valence-electron chi connectivity index (χ0n) is 18.4. The Balaban J connectivity index is 2.04. The summed E-state index contributed by atoms with van der Waals surface area (Å²) in [5, 5.41) is 0. The second kappa shape index (κ2) is 10.4. The molecule has 2 aliphatic heterocycles. The zero-order chi connectivity index (χ0) is 21.5. The Morgan fingerprint density at radius 1 is 1.27 bits per heavy atom. The van der Waals surface area contributed by atoms with E-state index in [2.05, 4.69) is 43.1 Å². The molecule has 0 saturated heterocycles. The first-order valence-corrected chi connectivity index (χ1v) is 11.1. The molecular formula is C26H33N3O. The van der Waals surface area contributed by atoms with Crippen LogP contribution < -0.4 is 5.73 Å². The lowest BCUT2D eigenvalue weighted by atomic mass is 9.86. The quantitative estimate of drug-likeness (QED) is 0.605. The second-order valence-corrected chi connectivity index (χ2v) is 8.17. The lowest BCUT2D eigenvalue weighted by molar-refractivity contribution is 0.103. The predicted molar refractivity (Wildman–Crippen MR) is 127 cm³/mol. The van der Waals surface area contributed by atoms with Gasteiger partial charge in [-0.15, -0.1) is 0 Å². The van der Waals surface area contributed by atoms with Crippen molar-refractivity contribution in [2.24, 2.45) is 27.6 Å². The second-order valence-electron chi connectivity index (χ2n) is 8.17. The summed E-state index contributed by atoms with van der Waals surface area (Å²) in [6.45, 7) is 7.71. The number of allylic oxidation sites excluding steroid dienone is 3. The van der Waals surface area contributed by atoms with Crippen LogP contribution in [0.3, 0.4) is 0 Å². The fraction of sp³-hybridized carbons (Fsp3) is 0.423.